The molecule has 0 radical (unpaired) electrons. The third-order valence-corrected chi connectivity index (χ3v) is 4.42. The topological polar surface area (TPSA) is 24.5 Å². The SMILES string of the molecule is CCN1CCCC(C(C)NC2CCOCC2)C1. The summed E-state index contributed by atoms with van der Waals surface area (Å²) in [7, 11) is 0. The smallest absolute Gasteiger partial charge is 0.0480 e. The van der Waals surface area contributed by atoms with E-state index in [1.807, 2.05) is 0 Å². The summed E-state index contributed by atoms with van der Waals surface area (Å²) < 4.78 is 5.41. The van der Waals surface area contributed by atoms with Crippen molar-refractivity contribution >= 4 is 0 Å². The first-order valence-electron chi connectivity index (χ1n) is 7.35. The molecule has 3 nitrogen and oxygen atoms in total. The van der Waals surface area contributed by atoms with E-state index in [0.717, 1.165) is 19.1 Å². The number of nitrogens with one attached hydrogen (secondary N) is 1. The van der Waals surface area contributed by atoms with E-state index in [0.29, 0.717) is 12.1 Å². The lowest BCUT2D eigenvalue weighted by atomic mass is 9.90. The fourth-order valence-corrected chi connectivity index (χ4v) is 3.16. The highest BCUT2D eigenvalue weighted by molar-refractivity contribution is 4.83. The highest BCUT2D eigenvalue weighted by Gasteiger charge is 2.25. The Kier molecular flexibility index (Phi) is 5.26. The molecule has 0 aromatic carbocycles. The normalized spacial score (nSPS) is 30.4. The van der Waals surface area contributed by atoms with E-state index in [4.69, 9.17) is 4.74 Å². The van der Waals surface area contributed by atoms with Crippen molar-refractivity contribution in [2.24, 2.45) is 5.92 Å². The molecule has 2 saturated heterocycles. The van der Waals surface area contributed by atoms with Gasteiger partial charge in [0.15, 0.2) is 0 Å². The fourth-order valence-electron chi connectivity index (χ4n) is 3.16. The van der Waals surface area contributed by atoms with Crippen molar-refractivity contribution in [1.29, 1.82) is 0 Å². The monoisotopic (exact) mass is 240 g/mol. The van der Waals surface area contributed by atoms with Gasteiger partial charge in [-0.25, -0.2) is 0 Å². The maximum Gasteiger partial charge on any atom is 0.0480 e. The maximum atomic E-state index is 5.41. The molecular formula is C14H28N2O. The minimum atomic E-state index is 0.660. The number of rotatable bonds is 4. The van der Waals surface area contributed by atoms with Gasteiger partial charge in [-0.3, -0.25) is 0 Å². The van der Waals surface area contributed by atoms with Crippen LogP contribution in [0.15, 0.2) is 0 Å². The van der Waals surface area contributed by atoms with Crippen LogP contribution in [0.3, 0.4) is 0 Å². The number of nitrogens with zero attached hydrogens (tertiary/aromatic N) is 1. The third kappa shape index (κ3) is 3.94. The Morgan fingerprint density at radius 2 is 2.06 bits per heavy atom. The summed E-state index contributed by atoms with van der Waals surface area (Å²) in [5.41, 5.74) is 0. The molecule has 0 aromatic heterocycles. The lowest BCUT2D eigenvalue weighted by molar-refractivity contribution is 0.0688. The lowest BCUT2D eigenvalue weighted by Crippen LogP contribution is -2.48. The summed E-state index contributed by atoms with van der Waals surface area (Å²) >= 11 is 0. The molecule has 2 heterocycles. The van der Waals surface area contributed by atoms with E-state index in [2.05, 4.69) is 24.1 Å². The van der Waals surface area contributed by atoms with E-state index in [1.165, 1.54) is 45.3 Å². The molecule has 3 heteroatoms. The van der Waals surface area contributed by atoms with Crippen molar-refractivity contribution < 1.29 is 4.74 Å². The predicted molar refractivity (Wildman–Crippen MR) is 71.3 cm³/mol. The minimum Gasteiger partial charge on any atom is -0.381 e. The third-order valence-electron chi connectivity index (χ3n) is 4.42. The van der Waals surface area contributed by atoms with Gasteiger partial charge in [-0.1, -0.05) is 6.92 Å². The first-order valence-corrected chi connectivity index (χ1v) is 7.35. The molecule has 0 aromatic rings. The van der Waals surface area contributed by atoms with Crippen LogP contribution in [-0.2, 0) is 4.74 Å². The van der Waals surface area contributed by atoms with E-state index in [1.54, 1.807) is 0 Å². The summed E-state index contributed by atoms with van der Waals surface area (Å²) in [6.45, 7) is 10.3. The summed E-state index contributed by atoms with van der Waals surface area (Å²) in [5.74, 6) is 0.839. The lowest BCUT2D eigenvalue weighted by Gasteiger charge is -2.37. The number of ether oxygens (including phenoxy) is 1. The maximum absolute atomic E-state index is 5.41. The van der Waals surface area contributed by atoms with Crippen LogP contribution < -0.4 is 5.32 Å². The van der Waals surface area contributed by atoms with Gasteiger partial charge in [0.05, 0.1) is 0 Å². The Morgan fingerprint density at radius 1 is 1.29 bits per heavy atom. The molecule has 0 bridgehead atoms. The van der Waals surface area contributed by atoms with E-state index >= 15 is 0 Å². The zero-order valence-corrected chi connectivity index (χ0v) is 11.5. The van der Waals surface area contributed by atoms with Crippen LogP contribution in [0.5, 0.6) is 0 Å². The Balaban J connectivity index is 1.75. The van der Waals surface area contributed by atoms with Crippen LogP contribution in [-0.4, -0.2) is 49.8 Å². The Hall–Kier alpha value is -0.120. The zero-order chi connectivity index (χ0) is 12.1. The van der Waals surface area contributed by atoms with Gasteiger partial charge >= 0.3 is 0 Å². The fraction of sp³-hybridized carbons (Fsp3) is 1.00. The van der Waals surface area contributed by atoms with E-state index < -0.39 is 0 Å². The van der Waals surface area contributed by atoms with Crippen molar-refractivity contribution in [3.63, 3.8) is 0 Å². The van der Waals surface area contributed by atoms with Gasteiger partial charge in [0.1, 0.15) is 0 Å². The minimum absolute atomic E-state index is 0.660. The predicted octanol–water partition coefficient (Wildman–Crippen LogP) is 1.88. The van der Waals surface area contributed by atoms with Crippen LogP contribution in [0.4, 0.5) is 0 Å². The van der Waals surface area contributed by atoms with Gasteiger partial charge in [0.2, 0.25) is 0 Å². The van der Waals surface area contributed by atoms with Crippen LogP contribution in [0, 0.1) is 5.92 Å². The average molecular weight is 240 g/mol. The number of likely N-dealkylation sites (tertiary alicyclic amines) is 1. The quantitative estimate of drug-likeness (QED) is 0.812. The summed E-state index contributed by atoms with van der Waals surface area (Å²) in [4.78, 5) is 2.59. The van der Waals surface area contributed by atoms with Crippen LogP contribution >= 0.6 is 0 Å². The van der Waals surface area contributed by atoms with Gasteiger partial charge in [-0.2, -0.15) is 0 Å². The molecule has 0 aliphatic carbocycles. The van der Waals surface area contributed by atoms with Crippen molar-refractivity contribution in [3.8, 4) is 0 Å². The zero-order valence-electron chi connectivity index (χ0n) is 11.5. The summed E-state index contributed by atoms with van der Waals surface area (Å²) in [6.07, 6.45) is 5.15. The standard InChI is InChI=1S/C14H28N2O/c1-3-16-8-4-5-13(11-16)12(2)15-14-6-9-17-10-7-14/h12-15H,3-11H2,1-2H3. The van der Waals surface area contributed by atoms with Gasteiger partial charge in [0.25, 0.3) is 0 Å². The largest absolute Gasteiger partial charge is 0.381 e. The molecule has 2 aliphatic rings. The molecule has 2 unspecified atom stereocenters. The Labute approximate surface area is 106 Å². The molecule has 2 atom stereocenters. The second-order valence-corrected chi connectivity index (χ2v) is 5.64. The van der Waals surface area contributed by atoms with Crippen LogP contribution in [0.25, 0.3) is 0 Å². The van der Waals surface area contributed by atoms with Gasteiger partial charge in [0, 0.05) is 31.8 Å². The first kappa shape index (κ1) is 13.3. The van der Waals surface area contributed by atoms with E-state index in [9.17, 15) is 0 Å². The van der Waals surface area contributed by atoms with Crippen LogP contribution in [0.1, 0.15) is 39.5 Å². The highest BCUT2D eigenvalue weighted by atomic mass is 16.5. The Bertz CT molecular complexity index is 216. The molecule has 100 valence electrons. The number of hydrogen-bond acceptors (Lipinski definition) is 3. The van der Waals surface area contributed by atoms with E-state index in [-0.39, 0.29) is 0 Å². The van der Waals surface area contributed by atoms with Gasteiger partial charge < -0.3 is 15.0 Å². The molecule has 2 aliphatic heterocycles. The highest BCUT2D eigenvalue weighted by Crippen LogP contribution is 2.20. The summed E-state index contributed by atoms with van der Waals surface area (Å²) in [5, 5.41) is 3.83. The molecule has 0 saturated carbocycles. The molecule has 17 heavy (non-hydrogen) atoms. The number of hydrogen-bond donors (Lipinski definition) is 1. The molecule has 0 spiro atoms. The van der Waals surface area contributed by atoms with Crippen molar-refractivity contribution in [2.75, 3.05) is 32.8 Å². The molecule has 0 amide bonds. The number of piperidine rings is 1. The average Bonchev–Trinajstić information content (AvgIpc) is 2.40. The second kappa shape index (κ2) is 6.72. The molecule has 1 N–H and O–H groups in total. The summed E-state index contributed by atoms with van der Waals surface area (Å²) in [6, 6.07) is 1.35. The second-order valence-electron chi connectivity index (χ2n) is 5.64. The van der Waals surface area contributed by atoms with Crippen LogP contribution in [0.2, 0.25) is 0 Å². The van der Waals surface area contributed by atoms with Crippen molar-refractivity contribution in [1.82, 2.24) is 10.2 Å². The van der Waals surface area contributed by atoms with Crippen molar-refractivity contribution in [3.05, 3.63) is 0 Å². The molecular weight excluding hydrogens is 212 g/mol. The van der Waals surface area contributed by atoms with Crippen molar-refractivity contribution in [2.45, 2.75) is 51.6 Å². The van der Waals surface area contributed by atoms with Gasteiger partial charge in [-0.05, 0) is 51.6 Å². The molecule has 2 fully saturated rings. The first-order chi connectivity index (χ1) is 8.29. The Morgan fingerprint density at radius 3 is 2.76 bits per heavy atom. The van der Waals surface area contributed by atoms with Gasteiger partial charge in [-0.15, -0.1) is 0 Å². The molecule has 2 rings (SSSR count).